The number of hydrogen-bond donors (Lipinski definition) is 1. The predicted octanol–water partition coefficient (Wildman–Crippen LogP) is 3.45. The van der Waals surface area contributed by atoms with Crippen LogP contribution in [0.5, 0.6) is 0 Å². The number of hydrogen-bond acceptors (Lipinski definition) is 4. The van der Waals surface area contributed by atoms with Crippen LogP contribution < -0.4 is 4.90 Å². The summed E-state index contributed by atoms with van der Waals surface area (Å²) in [6.07, 6.45) is 6.19. The van der Waals surface area contributed by atoms with Crippen LogP contribution in [0.3, 0.4) is 0 Å². The molecule has 5 heteroatoms. The number of nitrogens with zero attached hydrogens (tertiary/aromatic N) is 3. The van der Waals surface area contributed by atoms with E-state index in [4.69, 9.17) is 12.2 Å². The molecule has 2 aromatic rings. The number of H-pyrrole nitrogens is 1. The summed E-state index contributed by atoms with van der Waals surface area (Å²) in [6.45, 7) is 4.73. The first-order valence-corrected chi connectivity index (χ1v) is 8.49. The molecule has 1 aliphatic rings. The lowest BCUT2D eigenvalue weighted by molar-refractivity contribution is 0.284. The molecule has 1 saturated heterocycles. The molecule has 0 spiro atoms. The van der Waals surface area contributed by atoms with E-state index in [-0.39, 0.29) is 0 Å². The third kappa shape index (κ3) is 3.91. The first-order chi connectivity index (χ1) is 11.8. The largest absolute Gasteiger partial charge is 0.368 e. The van der Waals surface area contributed by atoms with Gasteiger partial charge in [0.2, 0.25) is 0 Å². The number of aromatic nitrogens is 1. The maximum absolute atomic E-state index is 9.32. The zero-order valence-corrected chi connectivity index (χ0v) is 14.3. The van der Waals surface area contributed by atoms with E-state index in [1.165, 1.54) is 5.56 Å². The minimum absolute atomic E-state index is 0.517. The van der Waals surface area contributed by atoms with E-state index >= 15 is 0 Å². The SMILES string of the molecule is N#Cc1c(N2CCN(CC=Cc3ccccc3)CC2)cc[nH]c1=S. The van der Waals surface area contributed by atoms with Crippen LogP contribution in [0, 0.1) is 16.0 Å². The summed E-state index contributed by atoms with van der Waals surface area (Å²) in [5.41, 5.74) is 2.75. The van der Waals surface area contributed by atoms with Crippen LogP contribution in [0.2, 0.25) is 0 Å². The van der Waals surface area contributed by atoms with Crippen molar-refractivity contribution < 1.29 is 0 Å². The van der Waals surface area contributed by atoms with Crippen molar-refractivity contribution in [3.8, 4) is 6.07 Å². The van der Waals surface area contributed by atoms with Gasteiger partial charge in [-0.15, -0.1) is 0 Å². The van der Waals surface area contributed by atoms with Gasteiger partial charge in [-0.25, -0.2) is 0 Å². The summed E-state index contributed by atoms with van der Waals surface area (Å²) in [4.78, 5) is 7.60. The lowest BCUT2D eigenvalue weighted by Crippen LogP contribution is -2.46. The van der Waals surface area contributed by atoms with Crippen molar-refractivity contribution in [1.29, 1.82) is 5.26 Å². The van der Waals surface area contributed by atoms with E-state index in [2.05, 4.69) is 57.3 Å². The molecular weight excluding hydrogens is 316 g/mol. The molecule has 0 atom stereocenters. The molecule has 1 N–H and O–H groups in total. The maximum Gasteiger partial charge on any atom is 0.123 e. The number of rotatable bonds is 4. The molecule has 24 heavy (non-hydrogen) atoms. The molecule has 3 rings (SSSR count). The van der Waals surface area contributed by atoms with E-state index in [0.29, 0.717) is 10.2 Å². The first kappa shape index (κ1) is 16.4. The summed E-state index contributed by atoms with van der Waals surface area (Å²) in [7, 11) is 0. The number of pyridine rings is 1. The van der Waals surface area contributed by atoms with E-state index < -0.39 is 0 Å². The van der Waals surface area contributed by atoms with Gasteiger partial charge in [0.05, 0.1) is 5.69 Å². The van der Waals surface area contributed by atoms with Crippen LogP contribution in [0.15, 0.2) is 48.7 Å². The molecule has 0 unspecified atom stereocenters. The summed E-state index contributed by atoms with van der Waals surface area (Å²) in [5, 5.41) is 9.32. The Bertz CT molecular complexity index is 796. The second-order valence-corrected chi connectivity index (χ2v) is 6.19. The Balaban J connectivity index is 1.57. The minimum Gasteiger partial charge on any atom is -0.368 e. The normalized spacial score (nSPS) is 15.5. The number of anilines is 1. The highest BCUT2D eigenvalue weighted by Gasteiger charge is 2.19. The van der Waals surface area contributed by atoms with Crippen molar-refractivity contribution in [1.82, 2.24) is 9.88 Å². The van der Waals surface area contributed by atoms with Crippen LogP contribution in [0.4, 0.5) is 5.69 Å². The van der Waals surface area contributed by atoms with E-state index in [0.717, 1.165) is 38.4 Å². The number of benzene rings is 1. The van der Waals surface area contributed by atoms with Crippen LogP contribution in [-0.4, -0.2) is 42.6 Å². The summed E-state index contributed by atoms with van der Waals surface area (Å²) in [5.74, 6) is 0. The molecule has 2 heterocycles. The molecule has 4 nitrogen and oxygen atoms in total. The third-order valence-electron chi connectivity index (χ3n) is 4.24. The quantitative estimate of drug-likeness (QED) is 0.869. The van der Waals surface area contributed by atoms with Crippen LogP contribution in [0.25, 0.3) is 6.08 Å². The fourth-order valence-electron chi connectivity index (χ4n) is 2.91. The first-order valence-electron chi connectivity index (χ1n) is 8.08. The smallest absolute Gasteiger partial charge is 0.123 e. The Morgan fingerprint density at radius 3 is 2.58 bits per heavy atom. The van der Waals surface area contributed by atoms with Crippen molar-refractivity contribution in [2.75, 3.05) is 37.6 Å². The molecule has 0 radical (unpaired) electrons. The highest BCUT2D eigenvalue weighted by molar-refractivity contribution is 7.71. The Morgan fingerprint density at radius 2 is 1.88 bits per heavy atom. The zero-order valence-electron chi connectivity index (χ0n) is 13.5. The van der Waals surface area contributed by atoms with Crippen molar-refractivity contribution in [2.45, 2.75) is 0 Å². The summed E-state index contributed by atoms with van der Waals surface area (Å²) in [6, 6.07) is 14.5. The molecule has 1 aliphatic heterocycles. The van der Waals surface area contributed by atoms with Crippen LogP contribution in [-0.2, 0) is 0 Å². The standard InChI is InChI=1S/C19H20N4S/c20-15-17-18(8-9-21-19(17)24)23-13-11-22(12-14-23)10-4-7-16-5-2-1-3-6-16/h1-9H,10-14H2,(H,21,24). The van der Waals surface area contributed by atoms with Crippen molar-refractivity contribution in [2.24, 2.45) is 0 Å². The molecule has 1 aromatic carbocycles. The number of aromatic amines is 1. The lowest BCUT2D eigenvalue weighted by Gasteiger charge is -2.35. The van der Waals surface area contributed by atoms with E-state index in [1.807, 2.05) is 18.3 Å². The number of nitriles is 1. The van der Waals surface area contributed by atoms with Crippen molar-refractivity contribution in [3.05, 3.63) is 64.4 Å². The maximum atomic E-state index is 9.32. The van der Waals surface area contributed by atoms with Gasteiger partial charge in [0.15, 0.2) is 0 Å². The fraction of sp³-hybridized carbons (Fsp3) is 0.263. The minimum atomic E-state index is 0.517. The molecule has 0 aliphatic carbocycles. The average molecular weight is 336 g/mol. The van der Waals surface area contributed by atoms with Gasteiger partial charge in [0.25, 0.3) is 0 Å². The second-order valence-electron chi connectivity index (χ2n) is 5.78. The molecular formula is C19H20N4S. The lowest BCUT2D eigenvalue weighted by atomic mass is 10.2. The Hall–Kier alpha value is -2.42. The molecule has 1 aromatic heterocycles. The molecule has 122 valence electrons. The van der Waals surface area contributed by atoms with Gasteiger partial charge in [0.1, 0.15) is 16.3 Å². The van der Waals surface area contributed by atoms with Gasteiger partial charge in [-0.1, -0.05) is 54.7 Å². The van der Waals surface area contributed by atoms with Crippen molar-refractivity contribution in [3.63, 3.8) is 0 Å². The predicted molar refractivity (Wildman–Crippen MR) is 100 cm³/mol. The van der Waals surface area contributed by atoms with E-state index in [1.54, 1.807) is 0 Å². The average Bonchev–Trinajstić information content (AvgIpc) is 2.63. The fourth-order valence-corrected chi connectivity index (χ4v) is 3.13. The number of piperazine rings is 1. The zero-order chi connectivity index (χ0) is 16.8. The summed E-state index contributed by atoms with van der Waals surface area (Å²) < 4.78 is 0.517. The van der Waals surface area contributed by atoms with E-state index in [9.17, 15) is 5.26 Å². The highest BCUT2D eigenvalue weighted by Crippen LogP contribution is 2.21. The molecule has 1 fully saturated rings. The van der Waals surface area contributed by atoms with Crippen LogP contribution in [0.1, 0.15) is 11.1 Å². The topological polar surface area (TPSA) is 46.1 Å². The van der Waals surface area contributed by atoms with Gasteiger partial charge in [0, 0.05) is 38.9 Å². The van der Waals surface area contributed by atoms with Gasteiger partial charge >= 0.3 is 0 Å². The molecule has 0 saturated carbocycles. The van der Waals surface area contributed by atoms with Crippen molar-refractivity contribution >= 4 is 24.0 Å². The summed E-state index contributed by atoms with van der Waals surface area (Å²) >= 11 is 5.21. The van der Waals surface area contributed by atoms with Gasteiger partial charge in [-0.3, -0.25) is 4.90 Å². The number of nitrogens with one attached hydrogen (secondary N) is 1. The van der Waals surface area contributed by atoms with Gasteiger partial charge in [-0.05, 0) is 11.6 Å². The van der Waals surface area contributed by atoms with Gasteiger partial charge < -0.3 is 9.88 Å². The second kappa shape index (κ2) is 7.91. The molecule has 0 amide bonds. The Morgan fingerprint density at radius 1 is 1.12 bits per heavy atom. The van der Waals surface area contributed by atoms with Crippen LogP contribution >= 0.6 is 12.2 Å². The highest BCUT2D eigenvalue weighted by atomic mass is 32.1. The monoisotopic (exact) mass is 336 g/mol. The molecule has 0 bridgehead atoms. The Labute approximate surface area is 147 Å². The Kier molecular flexibility index (Phi) is 5.42. The third-order valence-corrected chi connectivity index (χ3v) is 4.56. The van der Waals surface area contributed by atoms with Gasteiger partial charge in [-0.2, -0.15) is 5.26 Å².